The summed E-state index contributed by atoms with van der Waals surface area (Å²) >= 11 is -1.08. The zero-order chi connectivity index (χ0) is 19.5. The first-order chi connectivity index (χ1) is 11.3. The second kappa shape index (κ2) is 8.82. The van der Waals surface area contributed by atoms with Gasteiger partial charge in [-0.25, -0.2) is 0 Å². The molecule has 2 aliphatic carbocycles. The van der Waals surface area contributed by atoms with Crippen molar-refractivity contribution in [1.82, 2.24) is 0 Å². The molecule has 0 saturated heterocycles. The van der Waals surface area contributed by atoms with Gasteiger partial charge in [-0.2, -0.15) is 0 Å². The molecule has 0 aromatic rings. The first-order valence-corrected chi connectivity index (χ1v) is 12.1. The van der Waals surface area contributed by atoms with Crippen molar-refractivity contribution in [2.45, 2.75) is 65.7 Å². The fourth-order valence-electron chi connectivity index (χ4n) is 3.79. The van der Waals surface area contributed by atoms with Crippen LogP contribution in [0.3, 0.4) is 0 Å². The normalized spacial score (nSPS) is 27.6. The van der Waals surface area contributed by atoms with Crippen LogP contribution in [0.5, 0.6) is 0 Å². The maximum atomic E-state index is 12.2. The molecule has 0 saturated carbocycles. The van der Waals surface area contributed by atoms with E-state index in [4.69, 9.17) is 0 Å². The first kappa shape index (κ1) is 27.1. The molecule has 0 aliphatic heterocycles. The van der Waals surface area contributed by atoms with Crippen LogP contribution < -0.4 is 24.8 Å². The quantitative estimate of drug-likeness (QED) is 0.422. The van der Waals surface area contributed by atoms with Gasteiger partial charge in [-0.05, 0) is 0 Å². The molecule has 2 unspecified atom stereocenters. The topological polar surface area (TPSA) is 68.3 Å². The Kier molecular flexibility index (Phi) is 8.84. The van der Waals surface area contributed by atoms with Crippen LogP contribution in [-0.4, -0.2) is 10.3 Å². The van der Waals surface area contributed by atoms with Gasteiger partial charge in [-0.3, -0.25) is 0 Å². The van der Waals surface area contributed by atoms with Crippen molar-refractivity contribution in [3.05, 3.63) is 41.2 Å². The van der Waals surface area contributed by atoms with Gasteiger partial charge in [-0.15, -0.1) is 0 Å². The number of hydrogen-bond acceptors (Lipinski definition) is 4. The Labute approximate surface area is 183 Å². The van der Waals surface area contributed by atoms with Gasteiger partial charge < -0.3 is 24.8 Å². The van der Waals surface area contributed by atoms with Gasteiger partial charge in [0.05, 0.1) is 0 Å². The Balaban J connectivity index is 0.00000338. The van der Waals surface area contributed by atoms with Gasteiger partial charge in [0.2, 0.25) is 0 Å². The molecule has 4 nitrogen and oxygen atoms in total. The second-order valence-corrected chi connectivity index (χ2v) is 12.1. The molecule has 0 amide bonds. The van der Waals surface area contributed by atoms with Crippen LogP contribution in [0.25, 0.3) is 0 Å². The number of rotatable bonds is 4. The Morgan fingerprint density at radius 1 is 0.593 bits per heavy atom. The van der Waals surface area contributed by atoms with Crippen molar-refractivity contribution < 1.29 is 62.2 Å². The number of halogens is 2. The molecular weight excluding hydrogens is 461 g/mol. The summed E-state index contributed by atoms with van der Waals surface area (Å²) in [7, 11) is -5.38. The molecule has 0 fully saturated rings. The molecule has 148 valence electrons. The van der Waals surface area contributed by atoms with Crippen molar-refractivity contribution in [3.8, 4) is 0 Å². The van der Waals surface area contributed by atoms with Gasteiger partial charge in [-0.1, -0.05) is 0 Å². The summed E-state index contributed by atoms with van der Waals surface area (Å²) < 4.78 is 50.5. The van der Waals surface area contributed by atoms with Crippen LogP contribution in [0.1, 0.15) is 55.4 Å². The third kappa shape index (κ3) is 3.67. The van der Waals surface area contributed by atoms with E-state index >= 15 is 0 Å². The molecule has 2 aliphatic rings. The molecule has 0 aromatic carbocycles. The molecule has 2 atom stereocenters. The van der Waals surface area contributed by atoms with Crippen molar-refractivity contribution in [2.75, 3.05) is 0 Å². The van der Waals surface area contributed by atoms with Crippen molar-refractivity contribution in [2.24, 2.45) is 0 Å². The Morgan fingerprint density at radius 2 is 0.852 bits per heavy atom. The zero-order valence-electron chi connectivity index (χ0n) is 16.8. The van der Waals surface area contributed by atoms with E-state index in [-0.39, 0.29) is 24.8 Å². The monoisotopic (exact) mass is 484 g/mol. The largest absolute Gasteiger partial charge is 1.00 e. The van der Waals surface area contributed by atoms with E-state index in [9.17, 15) is 18.3 Å². The smallest absolute Gasteiger partial charge is 1.00 e. The Morgan fingerprint density at radius 3 is 1.07 bits per heavy atom. The zero-order valence-corrected chi connectivity index (χ0v) is 21.6. The fourth-order valence-corrected chi connectivity index (χ4v) is 9.59. The summed E-state index contributed by atoms with van der Waals surface area (Å²) in [5, 5.41) is -1.98. The SMILES string of the molecule is CC1=C(C)C(C)(P(=O)=O)[C]([Ti+2][C]2=C(C)C(C)=C(C)C2(C)P(=O)=O)=C1C.[Cl-].[Cl-]. The molecule has 27 heavy (non-hydrogen) atoms. The third-order valence-corrected chi connectivity index (χ3v) is 13.2. The predicted octanol–water partition coefficient (Wildman–Crippen LogP) is 0.188. The maximum Gasteiger partial charge on any atom is -1.00 e. The van der Waals surface area contributed by atoms with Gasteiger partial charge in [0, 0.05) is 0 Å². The number of hydrogen-bond donors (Lipinski definition) is 0. The molecule has 2 rings (SSSR count). The number of allylic oxidation sites excluding steroid dienone is 8. The van der Waals surface area contributed by atoms with Crippen LogP contribution in [0, 0.1) is 0 Å². The van der Waals surface area contributed by atoms with Crippen LogP contribution >= 0.6 is 15.4 Å². The maximum absolute atomic E-state index is 12.2. The standard InChI is InChI=1S/2C9H12O2P.2ClH.Ti/c2*1-6-5-9(4,12(10)11)8(3)7(6)2;;;/h2*1-4H3;2*1H;/q;;;;+2/p-2. The average molecular weight is 485 g/mol. The van der Waals surface area contributed by atoms with Crippen LogP contribution in [0.4, 0.5) is 0 Å². The summed E-state index contributed by atoms with van der Waals surface area (Å²) in [6.07, 6.45) is 0. The Bertz CT molecular complexity index is 862. The summed E-state index contributed by atoms with van der Waals surface area (Å²) in [5.74, 6) is 0. The molecule has 0 radical (unpaired) electrons. The van der Waals surface area contributed by atoms with Gasteiger partial charge in [0.25, 0.3) is 0 Å². The van der Waals surface area contributed by atoms with Crippen molar-refractivity contribution in [3.63, 3.8) is 0 Å². The van der Waals surface area contributed by atoms with Crippen LogP contribution in [0.2, 0.25) is 0 Å². The summed E-state index contributed by atoms with van der Waals surface area (Å²) in [6, 6.07) is 0. The van der Waals surface area contributed by atoms with Crippen LogP contribution in [0.15, 0.2) is 41.2 Å². The molecule has 0 spiro atoms. The van der Waals surface area contributed by atoms with E-state index in [0.29, 0.717) is 0 Å². The van der Waals surface area contributed by atoms with Crippen LogP contribution in [-0.2, 0) is 37.4 Å². The minimum absolute atomic E-state index is 0. The molecule has 0 N–H and O–H groups in total. The summed E-state index contributed by atoms with van der Waals surface area (Å²) in [4.78, 5) is 0. The molecule has 0 heterocycles. The minimum atomic E-state index is -2.69. The van der Waals surface area contributed by atoms with Gasteiger partial charge in [0.15, 0.2) is 0 Å². The van der Waals surface area contributed by atoms with Gasteiger partial charge >= 0.3 is 160 Å². The minimum Gasteiger partial charge on any atom is -1.00 e. The Hall–Kier alpha value is 0.0543. The molecule has 0 bridgehead atoms. The van der Waals surface area contributed by atoms with Gasteiger partial charge in [0.1, 0.15) is 0 Å². The van der Waals surface area contributed by atoms with E-state index in [2.05, 4.69) is 0 Å². The summed E-state index contributed by atoms with van der Waals surface area (Å²) in [6.45, 7) is 15.1. The second-order valence-electron chi connectivity index (χ2n) is 7.28. The van der Waals surface area contributed by atoms with E-state index in [1.165, 1.54) is 0 Å². The van der Waals surface area contributed by atoms with E-state index in [1.54, 1.807) is 13.8 Å². The van der Waals surface area contributed by atoms with E-state index < -0.39 is 44.8 Å². The van der Waals surface area contributed by atoms with Crippen molar-refractivity contribution in [1.29, 1.82) is 0 Å². The summed E-state index contributed by atoms with van der Waals surface area (Å²) in [5.41, 5.74) is 5.81. The predicted molar refractivity (Wildman–Crippen MR) is 95.5 cm³/mol. The molecule has 0 aromatic heterocycles. The third-order valence-electron chi connectivity index (χ3n) is 6.41. The molecule has 9 heteroatoms. The average Bonchev–Trinajstić information content (AvgIpc) is 2.81. The fraction of sp³-hybridized carbons (Fsp3) is 0.556. The van der Waals surface area contributed by atoms with E-state index in [1.807, 2.05) is 41.5 Å². The van der Waals surface area contributed by atoms with E-state index in [0.717, 1.165) is 41.2 Å². The first-order valence-electron chi connectivity index (χ1n) is 8.18. The molecular formula is C18H24Cl2O4P2Ti. The van der Waals surface area contributed by atoms with Crippen molar-refractivity contribution >= 4 is 15.4 Å².